The summed E-state index contributed by atoms with van der Waals surface area (Å²) in [6.45, 7) is 7.04. The molecule has 0 fully saturated rings. The molecule has 1 N–H and O–H groups in total. The maximum atomic E-state index is 13.6. The van der Waals surface area contributed by atoms with Crippen LogP contribution < -0.4 is 9.62 Å². The van der Waals surface area contributed by atoms with E-state index < -0.39 is 28.5 Å². The van der Waals surface area contributed by atoms with Crippen LogP contribution in [-0.4, -0.2) is 50.0 Å². The Balaban J connectivity index is 2.44. The van der Waals surface area contributed by atoms with Crippen LogP contribution in [0.4, 0.5) is 5.69 Å². The molecule has 0 aliphatic carbocycles. The molecule has 0 aromatic heterocycles. The van der Waals surface area contributed by atoms with Crippen molar-refractivity contribution in [1.82, 2.24) is 10.2 Å². The Hall–Kier alpha value is -2.58. The van der Waals surface area contributed by atoms with Crippen molar-refractivity contribution in [2.24, 2.45) is 0 Å². The zero-order valence-corrected chi connectivity index (χ0v) is 22.0. The summed E-state index contributed by atoms with van der Waals surface area (Å²) in [5.41, 5.74) is 1.93. The number of rotatable bonds is 11. The van der Waals surface area contributed by atoms with E-state index in [1.165, 1.54) is 4.90 Å². The van der Waals surface area contributed by atoms with Crippen molar-refractivity contribution in [3.8, 4) is 0 Å². The first-order valence-electron chi connectivity index (χ1n) is 11.4. The second-order valence-corrected chi connectivity index (χ2v) is 10.7. The molecule has 7 nitrogen and oxygen atoms in total. The van der Waals surface area contributed by atoms with Crippen LogP contribution in [0.15, 0.2) is 48.5 Å². The predicted octanol–water partition coefficient (Wildman–Crippen LogP) is 4.00. The van der Waals surface area contributed by atoms with Gasteiger partial charge in [0.05, 0.1) is 11.9 Å². The third-order valence-electron chi connectivity index (χ3n) is 5.79. The molecule has 0 bridgehead atoms. The number of amides is 2. The zero-order valence-electron chi connectivity index (χ0n) is 20.4. The normalized spacial score (nSPS) is 13.1. The van der Waals surface area contributed by atoms with Crippen molar-refractivity contribution in [3.05, 3.63) is 64.7 Å². The molecule has 0 aliphatic heterocycles. The van der Waals surface area contributed by atoms with Gasteiger partial charge in [0, 0.05) is 17.6 Å². The average Bonchev–Trinajstić information content (AvgIpc) is 2.80. The Bertz CT molecular complexity index is 1110. The minimum atomic E-state index is -3.77. The van der Waals surface area contributed by atoms with Crippen LogP contribution in [0.1, 0.15) is 45.2 Å². The van der Waals surface area contributed by atoms with E-state index in [1.807, 2.05) is 32.9 Å². The highest BCUT2D eigenvalue weighted by Gasteiger charge is 2.31. The molecular formula is C25H34ClN3O4S. The van der Waals surface area contributed by atoms with E-state index in [0.29, 0.717) is 22.7 Å². The van der Waals surface area contributed by atoms with Gasteiger partial charge in [0.15, 0.2) is 0 Å². The Kier molecular flexibility index (Phi) is 9.94. The van der Waals surface area contributed by atoms with Crippen LogP contribution in [0, 0.1) is 0 Å². The summed E-state index contributed by atoms with van der Waals surface area (Å²) in [6.07, 6.45) is 2.42. The van der Waals surface area contributed by atoms with Gasteiger partial charge in [-0.25, -0.2) is 8.42 Å². The fraction of sp³-hybridized carbons (Fsp3) is 0.440. The van der Waals surface area contributed by atoms with Crippen LogP contribution in [0.2, 0.25) is 5.02 Å². The molecule has 9 heteroatoms. The van der Waals surface area contributed by atoms with Crippen molar-refractivity contribution in [1.29, 1.82) is 0 Å². The molecule has 2 rings (SSSR count). The van der Waals surface area contributed by atoms with Crippen molar-refractivity contribution in [2.75, 3.05) is 17.1 Å². The summed E-state index contributed by atoms with van der Waals surface area (Å²) >= 11 is 6.33. The standard InChI is InChI=1S/C25H34ClN3O4S/c1-6-18(3)27-25(31)19(4)28(16-21-13-8-10-14-22(21)26)24(30)17-29(34(5,32)33)23-15-11-9-12-20(23)7-2/h8-15,18-19H,6-7,16-17H2,1-5H3,(H,27,31)/t18-,19+/m1/s1. The summed E-state index contributed by atoms with van der Waals surface area (Å²) < 4.78 is 26.5. The highest BCUT2D eigenvalue weighted by atomic mass is 35.5. The number of para-hydroxylation sites is 1. The molecule has 186 valence electrons. The number of benzene rings is 2. The first-order valence-corrected chi connectivity index (χ1v) is 13.6. The SMILES string of the molecule is CCc1ccccc1N(CC(=O)N(Cc1ccccc1Cl)[C@@H](C)C(=O)N[C@H](C)CC)S(C)(=O)=O. The fourth-order valence-corrected chi connectivity index (χ4v) is 4.58. The minimum Gasteiger partial charge on any atom is -0.352 e. The number of halogens is 1. The maximum absolute atomic E-state index is 13.6. The number of anilines is 1. The molecule has 0 saturated carbocycles. The Morgan fingerprint density at radius 1 is 1.00 bits per heavy atom. The van der Waals surface area contributed by atoms with E-state index in [0.717, 1.165) is 22.5 Å². The number of nitrogens with one attached hydrogen (secondary N) is 1. The number of aryl methyl sites for hydroxylation is 1. The van der Waals surface area contributed by atoms with Crippen molar-refractivity contribution < 1.29 is 18.0 Å². The molecule has 2 atom stereocenters. The molecule has 34 heavy (non-hydrogen) atoms. The summed E-state index contributed by atoms with van der Waals surface area (Å²) in [5.74, 6) is -0.808. The number of carbonyl (C=O) groups is 2. The Morgan fingerprint density at radius 3 is 2.15 bits per heavy atom. The van der Waals surface area contributed by atoms with E-state index in [9.17, 15) is 18.0 Å². The van der Waals surface area contributed by atoms with Crippen LogP contribution >= 0.6 is 11.6 Å². The number of hydrogen-bond acceptors (Lipinski definition) is 4. The Morgan fingerprint density at radius 2 is 1.59 bits per heavy atom. The topological polar surface area (TPSA) is 86.8 Å². The molecule has 2 aromatic rings. The van der Waals surface area contributed by atoms with E-state index >= 15 is 0 Å². The van der Waals surface area contributed by atoms with Crippen molar-refractivity contribution in [3.63, 3.8) is 0 Å². The van der Waals surface area contributed by atoms with Gasteiger partial charge in [0.25, 0.3) is 0 Å². The van der Waals surface area contributed by atoms with Crippen molar-refractivity contribution in [2.45, 2.75) is 59.2 Å². The molecule has 0 heterocycles. The highest BCUT2D eigenvalue weighted by Crippen LogP contribution is 2.25. The number of hydrogen-bond donors (Lipinski definition) is 1. The van der Waals surface area contributed by atoms with Gasteiger partial charge >= 0.3 is 0 Å². The molecule has 0 saturated heterocycles. The molecule has 0 unspecified atom stereocenters. The van der Waals surface area contributed by atoms with Gasteiger partial charge in [-0.3, -0.25) is 13.9 Å². The highest BCUT2D eigenvalue weighted by molar-refractivity contribution is 7.92. The summed E-state index contributed by atoms with van der Waals surface area (Å²) in [4.78, 5) is 27.9. The largest absolute Gasteiger partial charge is 0.352 e. The van der Waals surface area contributed by atoms with E-state index in [1.54, 1.807) is 43.3 Å². The molecular weight excluding hydrogens is 474 g/mol. The van der Waals surface area contributed by atoms with Gasteiger partial charge in [-0.1, -0.05) is 61.8 Å². The van der Waals surface area contributed by atoms with Crippen LogP contribution in [0.3, 0.4) is 0 Å². The van der Waals surface area contributed by atoms with Crippen molar-refractivity contribution >= 4 is 39.1 Å². The van der Waals surface area contributed by atoms with Gasteiger partial charge in [-0.05, 0) is 49.9 Å². The number of nitrogens with zero attached hydrogens (tertiary/aromatic N) is 2. The zero-order chi connectivity index (χ0) is 25.5. The first kappa shape index (κ1) is 27.7. The second kappa shape index (κ2) is 12.2. The predicted molar refractivity (Wildman–Crippen MR) is 137 cm³/mol. The Labute approximate surface area is 208 Å². The van der Waals surface area contributed by atoms with Crippen LogP contribution in [-0.2, 0) is 32.6 Å². The van der Waals surface area contributed by atoms with Gasteiger partial charge in [0.1, 0.15) is 12.6 Å². The number of sulfonamides is 1. The second-order valence-electron chi connectivity index (χ2n) is 8.36. The van der Waals surface area contributed by atoms with Crippen LogP contribution in [0.25, 0.3) is 0 Å². The van der Waals surface area contributed by atoms with E-state index in [4.69, 9.17) is 11.6 Å². The average molecular weight is 508 g/mol. The molecule has 2 amide bonds. The van der Waals surface area contributed by atoms with Gasteiger partial charge < -0.3 is 10.2 Å². The third-order valence-corrected chi connectivity index (χ3v) is 7.28. The van der Waals surface area contributed by atoms with Crippen LogP contribution in [0.5, 0.6) is 0 Å². The summed E-state index contributed by atoms with van der Waals surface area (Å²) in [7, 11) is -3.77. The van der Waals surface area contributed by atoms with Gasteiger partial charge in [-0.2, -0.15) is 0 Å². The lowest BCUT2D eigenvalue weighted by atomic mass is 10.1. The monoisotopic (exact) mass is 507 g/mol. The smallest absolute Gasteiger partial charge is 0.244 e. The maximum Gasteiger partial charge on any atom is 0.244 e. The first-order chi connectivity index (χ1) is 16.0. The quantitative estimate of drug-likeness (QED) is 0.498. The van der Waals surface area contributed by atoms with E-state index in [2.05, 4.69) is 5.32 Å². The van der Waals surface area contributed by atoms with Gasteiger partial charge in [-0.15, -0.1) is 0 Å². The summed E-state index contributed by atoms with van der Waals surface area (Å²) in [6, 6.07) is 13.3. The third kappa shape index (κ3) is 7.21. The molecule has 0 aliphatic rings. The summed E-state index contributed by atoms with van der Waals surface area (Å²) in [5, 5.41) is 3.36. The lowest BCUT2D eigenvalue weighted by Gasteiger charge is -2.32. The number of carbonyl (C=O) groups excluding carboxylic acids is 2. The minimum absolute atomic E-state index is 0.0591. The van der Waals surface area contributed by atoms with E-state index in [-0.39, 0.29) is 18.5 Å². The lowest BCUT2D eigenvalue weighted by molar-refractivity contribution is -0.139. The lowest BCUT2D eigenvalue weighted by Crippen LogP contribution is -2.52. The molecule has 0 radical (unpaired) electrons. The fourth-order valence-electron chi connectivity index (χ4n) is 3.51. The molecule has 2 aromatic carbocycles. The molecule has 0 spiro atoms. The van der Waals surface area contributed by atoms with Gasteiger partial charge in [0.2, 0.25) is 21.8 Å².